The zero-order valence-electron chi connectivity index (χ0n) is 17.1. The van der Waals surface area contributed by atoms with Crippen LogP contribution in [0.25, 0.3) is 0 Å². The molecule has 1 aromatic heterocycles. The Balaban J connectivity index is 1.48. The normalized spacial score (nSPS) is 16.4. The van der Waals surface area contributed by atoms with Crippen LogP contribution in [0.5, 0.6) is 5.75 Å². The molecule has 0 atom stereocenters. The second-order valence-corrected chi connectivity index (χ2v) is 8.10. The first-order chi connectivity index (χ1) is 15.2. The van der Waals surface area contributed by atoms with Crippen LogP contribution in [-0.2, 0) is 17.7 Å². The highest BCUT2D eigenvalue weighted by molar-refractivity contribution is 6.32. The van der Waals surface area contributed by atoms with Gasteiger partial charge in [-0.1, -0.05) is 23.7 Å². The minimum atomic E-state index is 0.450. The lowest BCUT2D eigenvalue weighted by molar-refractivity contribution is 0.0342. The molecule has 0 saturated carbocycles. The second-order valence-electron chi connectivity index (χ2n) is 7.69. The monoisotopic (exact) mass is 437 g/mol. The van der Waals surface area contributed by atoms with E-state index >= 15 is 0 Å². The number of fused-ring (bicyclic) bond motifs is 6. The summed E-state index contributed by atoms with van der Waals surface area (Å²) in [7, 11) is 0. The Bertz CT molecular complexity index is 1070. The first-order valence-corrected chi connectivity index (χ1v) is 10.8. The minimum Gasteiger partial charge on any atom is -0.493 e. The van der Waals surface area contributed by atoms with Gasteiger partial charge in [0, 0.05) is 43.5 Å². The number of nitrogens with one attached hydrogen (secondary N) is 2. The fourth-order valence-electron chi connectivity index (χ4n) is 3.82. The van der Waals surface area contributed by atoms with E-state index in [1.54, 1.807) is 6.20 Å². The number of aromatic nitrogens is 2. The molecule has 160 valence electrons. The largest absolute Gasteiger partial charge is 0.493 e. The molecule has 7 nitrogen and oxygen atoms in total. The van der Waals surface area contributed by atoms with Gasteiger partial charge in [-0.2, -0.15) is 4.98 Å². The molecule has 0 aliphatic carbocycles. The molecular formula is C23H24ClN5O2. The van der Waals surface area contributed by atoms with Gasteiger partial charge in [0.2, 0.25) is 5.95 Å². The summed E-state index contributed by atoms with van der Waals surface area (Å²) in [6.07, 6.45) is 2.40. The van der Waals surface area contributed by atoms with Crippen molar-refractivity contribution in [1.29, 1.82) is 0 Å². The predicted octanol–water partition coefficient (Wildman–Crippen LogP) is 4.38. The molecule has 8 heteroatoms. The molecule has 3 aromatic rings. The Morgan fingerprint density at radius 1 is 1.00 bits per heavy atom. The van der Waals surface area contributed by atoms with Crippen LogP contribution in [-0.4, -0.2) is 47.8 Å². The fourth-order valence-corrected chi connectivity index (χ4v) is 3.96. The molecule has 0 amide bonds. The van der Waals surface area contributed by atoms with Gasteiger partial charge in [0.15, 0.2) is 5.82 Å². The lowest BCUT2D eigenvalue weighted by Gasteiger charge is -2.27. The van der Waals surface area contributed by atoms with E-state index in [2.05, 4.69) is 43.7 Å². The van der Waals surface area contributed by atoms with E-state index in [9.17, 15) is 0 Å². The number of nitrogens with zero attached hydrogens (tertiary/aromatic N) is 3. The molecule has 2 aromatic carbocycles. The first kappa shape index (κ1) is 20.1. The van der Waals surface area contributed by atoms with Crippen molar-refractivity contribution >= 4 is 34.7 Å². The maximum atomic E-state index is 6.33. The van der Waals surface area contributed by atoms with Crippen LogP contribution >= 0.6 is 11.6 Å². The number of anilines is 4. The van der Waals surface area contributed by atoms with Gasteiger partial charge in [-0.25, -0.2) is 4.98 Å². The van der Waals surface area contributed by atoms with Crippen LogP contribution in [0.15, 0.2) is 48.7 Å². The Morgan fingerprint density at radius 3 is 2.81 bits per heavy atom. The predicted molar refractivity (Wildman–Crippen MR) is 122 cm³/mol. The summed E-state index contributed by atoms with van der Waals surface area (Å²) in [5.41, 5.74) is 4.24. The van der Waals surface area contributed by atoms with E-state index in [4.69, 9.17) is 21.1 Å². The van der Waals surface area contributed by atoms with Crippen molar-refractivity contribution in [3.8, 4) is 5.75 Å². The third kappa shape index (κ3) is 5.07. The third-order valence-corrected chi connectivity index (χ3v) is 5.60. The zero-order valence-corrected chi connectivity index (χ0v) is 17.9. The molecule has 2 N–H and O–H groups in total. The summed E-state index contributed by atoms with van der Waals surface area (Å²) >= 11 is 6.33. The van der Waals surface area contributed by atoms with Crippen molar-refractivity contribution < 1.29 is 9.47 Å². The van der Waals surface area contributed by atoms with E-state index in [-0.39, 0.29) is 0 Å². The number of halogens is 1. The molecule has 5 rings (SSSR count). The fraction of sp³-hybridized carbons (Fsp3) is 0.304. The molecule has 0 radical (unpaired) electrons. The summed E-state index contributed by atoms with van der Waals surface area (Å²) in [5.74, 6) is 1.83. The average molecular weight is 438 g/mol. The van der Waals surface area contributed by atoms with Crippen molar-refractivity contribution in [3.63, 3.8) is 0 Å². The number of rotatable bonds is 2. The van der Waals surface area contributed by atoms with Crippen LogP contribution in [0, 0.1) is 0 Å². The van der Waals surface area contributed by atoms with Crippen LogP contribution in [0.1, 0.15) is 11.1 Å². The van der Waals surface area contributed by atoms with Crippen molar-refractivity contribution in [2.24, 2.45) is 0 Å². The minimum absolute atomic E-state index is 0.450. The second kappa shape index (κ2) is 9.09. The Morgan fingerprint density at radius 2 is 1.90 bits per heavy atom. The first-order valence-electron chi connectivity index (χ1n) is 10.4. The molecule has 6 bridgehead atoms. The van der Waals surface area contributed by atoms with E-state index in [0.717, 1.165) is 56.4 Å². The standard InChI is InChI=1S/C23H24ClN5O2/c24-21-14-25-23-27-19-11-16(10-17(12-19)15-29-5-8-30-9-6-29)4-7-31-20-3-1-2-18(13-20)26-22(21)28-23/h1-3,10-14H,4-9,15H2,(H2,25,26,27,28). The van der Waals surface area contributed by atoms with Gasteiger partial charge in [-0.3, -0.25) is 4.90 Å². The zero-order chi connectivity index (χ0) is 21.0. The molecule has 0 spiro atoms. The molecular weight excluding hydrogens is 414 g/mol. The van der Waals surface area contributed by atoms with Crippen molar-refractivity contribution in [2.75, 3.05) is 43.5 Å². The van der Waals surface area contributed by atoms with Gasteiger partial charge in [-0.05, 0) is 35.4 Å². The van der Waals surface area contributed by atoms with Gasteiger partial charge >= 0.3 is 0 Å². The SMILES string of the molecule is Clc1cnc2nc1Nc1cccc(c1)OCCc1cc(CN3CCOCC3)cc(c1)N2. The summed E-state index contributed by atoms with van der Waals surface area (Å²) < 4.78 is 11.5. The molecule has 2 aliphatic heterocycles. The van der Waals surface area contributed by atoms with Gasteiger partial charge in [-0.15, -0.1) is 0 Å². The van der Waals surface area contributed by atoms with Crippen molar-refractivity contribution in [3.05, 3.63) is 64.8 Å². The van der Waals surface area contributed by atoms with E-state index < -0.39 is 0 Å². The van der Waals surface area contributed by atoms with E-state index in [1.165, 1.54) is 11.1 Å². The smallest absolute Gasteiger partial charge is 0.229 e. The van der Waals surface area contributed by atoms with Crippen LogP contribution in [0.2, 0.25) is 5.02 Å². The summed E-state index contributed by atoms with van der Waals surface area (Å²) in [6.45, 7) is 4.93. The topological polar surface area (TPSA) is 71.5 Å². The van der Waals surface area contributed by atoms with E-state index in [0.29, 0.717) is 23.4 Å². The molecule has 1 saturated heterocycles. The maximum Gasteiger partial charge on any atom is 0.229 e. The quantitative estimate of drug-likeness (QED) is 0.616. The van der Waals surface area contributed by atoms with Crippen molar-refractivity contribution in [2.45, 2.75) is 13.0 Å². The van der Waals surface area contributed by atoms with E-state index in [1.807, 2.05) is 24.3 Å². The highest BCUT2D eigenvalue weighted by atomic mass is 35.5. The van der Waals surface area contributed by atoms with Crippen LogP contribution in [0.3, 0.4) is 0 Å². The lowest BCUT2D eigenvalue weighted by atomic mass is 10.1. The number of hydrogen-bond donors (Lipinski definition) is 2. The number of hydrogen-bond acceptors (Lipinski definition) is 7. The lowest BCUT2D eigenvalue weighted by Crippen LogP contribution is -2.35. The van der Waals surface area contributed by atoms with Crippen LogP contribution < -0.4 is 15.4 Å². The van der Waals surface area contributed by atoms with Gasteiger partial charge < -0.3 is 20.1 Å². The molecule has 2 aliphatic rings. The highest BCUT2D eigenvalue weighted by Crippen LogP contribution is 2.28. The molecule has 0 unspecified atom stereocenters. The number of morpholine rings is 1. The molecule has 1 fully saturated rings. The number of ether oxygens (including phenoxy) is 2. The highest BCUT2D eigenvalue weighted by Gasteiger charge is 2.13. The van der Waals surface area contributed by atoms with Gasteiger partial charge in [0.25, 0.3) is 0 Å². The number of benzene rings is 2. The van der Waals surface area contributed by atoms with Crippen LogP contribution in [0.4, 0.5) is 23.1 Å². The summed E-state index contributed by atoms with van der Waals surface area (Å²) in [5, 5.41) is 7.05. The van der Waals surface area contributed by atoms with Crippen molar-refractivity contribution in [1.82, 2.24) is 14.9 Å². The Kier molecular flexibility index (Phi) is 5.88. The summed E-state index contributed by atoms with van der Waals surface area (Å²) in [6, 6.07) is 14.3. The molecule has 3 heterocycles. The third-order valence-electron chi connectivity index (χ3n) is 5.32. The van der Waals surface area contributed by atoms with Gasteiger partial charge in [0.05, 0.1) is 26.0 Å². The summed E-state index contributed by atoms with van der Waals surface area (Å²) in [4.78, 5) is 11.4. The average Bonchev–Trinajstić information content (AvgIpc) is 2.77. The Labute approximate surface area is 186 Å². The van der Waals surface area contributed by atoms with Gasteiger partial charge in [0.1, 0.15) is 10.8 Å². The maximum absolute atomic E-state index is 6.33. The Hall–Kier alpha value is -2.87. The molecule has 31 heavy (non-hydrogen) atoms.